The fraction of sp³-hybridized carbons (Fsp3) is 0.0625. The van der Waals surface area contributed by atoms with E-state index in [2.05, 4.69) is 0 Å². The van der Waals surface area contributed by atoms with Crippen molar-refractivity contribution in [3.05, 3.63) is 75.8 Å². The largest absolute Gasteiger partial charge is 0.289 e. The average Bonchev–Trinajstić information content (AvgIpc) is 2.40. The average molecular weight is 291 g/mol. The minimum absolute atomic E-state index is 0.0379. The van der Waals surface area contributed by atoms with Crippen molar-refractivity contribution in [3.8, 4) is 0 Å². The molecule has 0 aliphatic carbocycles. The Hall–Kier alpha value is -1.57. The van der Waals surface area contributed by atoms with Crippen molar-refractivity contribution in [1.29, 1.82) is 0 Å². The third-order valence-electron chi connectivity index (χ3n) is 2.78. The molecule has 0 aliphatic heterocycles. The Morgan fingerprint density at radius 1 is 0.842 bits per heavy atom. The zero-order valence-electron chi connectivity index (χ0n) is 10.4. The van der Waals surface area contributed by atoms with Crippen LogP contribution in [0.5, 0.6) is 0 Å². The van der Waals surface area contributed by atoms with Gasteiger partial charge in [0.15, 0.2) is 5.78 Å². The molecule has 0 bridgehead atoms. The molecular weight excluding hydrogens is 279 g/mol. The summed E-state index contributed by atoms with van der Waals surface area (Å²) in [6, 6.07) is 14.3. The molecule has 0 radical (unpaired) electrons. The van der Waals surface area contributed by atoms with Crippen LogP contribution in [0.4, 0.5) is 0 Å². The first-order valence-corrected chi connectivity index (χ1v) is 6.56. The Bertz CT molecular complexity index is 610. The normalized spacial score (nSPS) is 11.4. The number of carbonyl (C=O) groups is 1. The lowest BCUT2D eigenvalue weighted by molar-refractivity contribution is 0.104. The number of hydrogen-bond acceptors (Lipinski definition) is 1. The summed E-state index contributed by atoms with van der Waals surface area (Å²) in [6.07, 6.45) is 1.62. The molecule has 0 heterocycles. The van der Waals surface area contributed by atoms with Crippen LogP contribution in [0.2, 0.25) is 10.0 Å². The zero-order chi connectivity index (χ0) is 13.8. The maximum Gasteiger partial charge on any atom is 0.186 e. The van der Waals surface area contributed by atoms with Gasteiger partial charge in [-0.3, -0.25) is 4.79 Å². The van der Waals surface area contributed by atoms with Gasteiger partial charge in [-0.2, -0.15) is 0 Å². The minimum Gasteiger partial charge on any atom is -0.289 e. The fourth-order valence-corrected chi connectivity index (χ4v) is 1.94. The monoisotopic (exact) mass is 290 g/mol. The van der Waals surface area contributed by atoms with Gasteiger partial charge in [-0.05, 0) is 60.5 Å². The molecule has 0 saturated heterocycles. The lowest BCUT2D eigenvalue weighted by Crippen LogP contribution is -1.95. The second kappa shape index (κ2) is 6.05. The van der Waals surface area contributed by atoms with E-state index in [1.54, 1.807) is 42.5 Å². The van der Waals surface area contributed by atoms with E-state index in [1.165, 1.54) is 0 Å². The standard InChI is InChI=1S/C16H12Cl2O/c1-11(12-2-6-14(17)7-3-12)10-16(19)13-4-8-15(18)9-5-13/h2-10H,1H3. The molecule has 0 unspecified atom stereocenters. The summed E-state index contributed by atoms with van der Waals surface area (Å²) in [5, 5.41) is 1.30. The minimum atomic E-state index is -0.0379. The number of ketones is 1. The van der Waals surface area contributed by atoms with E-state index in [-0.39, 0.29) is 5.78 Å². The molecule has 0 aliphatic rings. The summed E-state index contributed by atoms with van der Waals surface area (Å²) in [5.74, 6) is -0.0379. The fourth-order valence-electron chi connectivity index (χ4n) is 1.69. The van der Waals surface area contributed by atoms with Crippen LogP contribution < -0.4 is 0 Å². The second-order valence-electron chi connectivity index (χ2n) is 4.21. The van der Waals surface area contributed by atoms with Crippen LogP contribution in [0.3, 0.4) is 0 Å². The van der Waals surface area contributed by atoms with Crippen molar-refractivity contribution < 1.29 is 4.79 Å². The summed E-state index contributed by atoms with van der Waals surface area (Å²) in [5.41, 5.74) is 2.50. The number of hydrogen-bond donors (Lipinski definition) is 0. The number of benzene rings is 2. The predicted molar refractivity (Wildman–Crippen MR) is 80.9 cm³/mol. The van der Waals surface area contributed by atoms with Crippen LogP contribution in [0.15, 0.2) is 54.6 Å². The highest BCUT2D eigenvalue weighted by Crippen LogP contribution is 2.18. The van der Waals surface area contributed by atoms with E-state index >= 15 is 0 Å². The first kappa shape index (κ1) is 13.9. The number of allylic oxidation sites excluding steroid dienone is 2. The summed E-state index contributed by atoms with van der Waals surface area (Å²) in [7, 11) is 0. The molecule has 19 heavy (non-hydrogen) atoms. The second-order valence-corrected chi connectivity index (χ2v) is 5.08. The number of carbonyl (C=O) groups excluding carboxylic acids is 1. The zero-order valence-corrected chi connectivity index (χ0v) is 11.9. The highest BCUT2D eigenvalue weighted by molar-refractivity contribution is 6.31. The summed E-state index contributed by atoms with van der Waals surface area (Å²) < 4.78 is 0. The van der Waals surface area contributed by atoms with Gasteiger partial charge in [-0.1, -0.05) is 35.3 Å². The van der Waals surface area contributed by atoms with Gasteiger partial charge in [-0.15, -0.1) is 0 Å². The van der Waals surface area contributed by atoms with Crippen LogP contribution in [-0.2, 0) is 0 Å². The lowest BCUT2D eigenvalue weighted by atomic mass is 10.0. The van der Waals surface area contributed by atoms with Crippen molar-refractivity contribution in [3.63, 3.8) is 0 Å². The Morgan fingerprint density at radius 3 is 1.74 bits per heavy atom. The van der Waals surface area contributed by atoms with Gasteiger partial charge in [0.05, 0.1) is 0 Å². The molecule has 0 atom stereocenters. The maximum absolute atomic E-state index is 12.1. The van der Waals surface area contributed by atoms with Gasteiger partial charge in [0, 0.05) is 15.6 Å². The van der Waals surface area contributed by atoms with E-state index in [1.807, 2.05) is 19.1 Å². The molecule has 1 nitrogen and oxygen atoms in total. The topological polar surface area (TPSA) is 17.1 Å². The molecule has 0 amide bonds. The van der Waals surface area contributed by atoms with Gasteiger partial charge in [0.2, 0.25) is 0 Å². The van der Waals surface area contributed by atoms with Gasteiger partial charge in [-0.25, -0.2) is 0 Å². The Labute approximate surface area is 122 Å². The van der Waals surface area contributed by atoms with Gasteiger partial charge >= 0.3 is 0 Å². The van der Waals surface area contributed by atoms with E-state index in [0.29, 0.717) is 15.6 Å². The lowest BCUT2D eigenvalue weighted by Gasteiger charge is -2.02. The highest BCUT2D eigenvalue weighted by Gasteiger charge is 2.04. The first-order chi connectivity index (χ1) is 9.06. The molecule has 0 spiro atoms. The van der Waals surface area contributed by atoms with Crippen LogP contribution in [0.25, 0.3) is 5.57 Å². The molecule has 3 heteroatoms. The summed E-state index contributed by atoms with van der Waals surface area (Å²) >= 11 is 11.6. The van der Waals surface area contributed by atoms with Crippen molar-refractivity contribution in [2.75, 3.05) is 0 Å². The summed E-state index contributed by atoms with van der Waals surface area (Å²) in [4.78, 5) is 12.1. The Kier molecular flexibility index (Phi) is 4.41. The van der Waals surface area contributed by atoms with Crippen LogP contribution in [0.1, 0.15) is 22.8 Å². The molecular formula is C16H12Cl2O. The van der Waals surface area contributed by atoms with Crippen molar-refractivity contribution in [1.82, 2.24) is 0 Å². The van der Waals surface area contributed by atoms with Gasteiger partial charge in [0.1, 0.15) is 0 Å². The molecule has 2 aromatic rings. The number of rotatable bonds is 3. The van der Waals surface area contributed by atoms with Crippen LogP contribution in [-0.4, -0.2) is 5.78 Å². The molecule has 0 N–H and O–H groups in total. The molecule has 0 saturated carbocycles. The third kappa shape index (κ3) is 3.69. The van der Waals surface area contributed by atoms with Crippen LogP contribution >= 0.6 is 23.2 Å². The Morgan fingerprint density at radius 2 is 1.26 bits per heavy atom. The molecule has 2 rings (SSSR count). The molecule has 96 valence electrons. The molecule has 0 aromatic heterocycles. The predicted octanol–water partition coefficient (Wildman–Crippen LogP) is 5.28. The van der Waals surface area contributed by atoms with Crippen molar-refractivity contribution in [2.24, 2.45) is 0 Å². The summed E-state index contributed by atoms with van der Waals surface area (Å²) in [6.45, 7) is 1.90. The van der Waals surface area contributed by atoms with E-state index in [4.69, 9.17) is 23.2 Å². The quantitative estimate of drug-likeness (QED) is 0.555. The number of halogens is 2. The third-order valence-corrected chi connectivity index (χ3v) is 3.28. The van der Waals surface area contributed by atoms with Crippen molar-refractivity contribution in [2.45, 2.75) is 6.92 Å². The Balaban J connectivity index is 2.22. The SMILES string of the molecule is CC(=CC(=O)c1ccc(Cl)cc1)c1ccc(Cl)cc1. The molecule has 2 aromatic carbocycles. The van der Waals surface area contributed by atoms with Crippen molar-refractivity contribution >= 4 is 34.6 Å². The van der Waals surface area contributed by atoms with E-state index in [0.717, 1.165) is 11.1 Å². The maximum atomic E-state index is 12.1. The van der Waals surface area contributed by atoms with E-state index < -0.39 is 0 Å². The van der Waals surface area contributed by atoms with Crippen LogP contribution in [0, 0.1) is 0 Å². The highest BCUT2D eigenvalue weighted by atomic mass is 35.5. The van der Waals surface area contributed by atoms with E-state index in [9.17, 15) is 4.79 Å². The molecule has 0 fully saturated rings. The first-order valence-electron chi connectivity index (χ1n) is 5.80. The van der Waals surface area contributed by atoms with Gasteiger partial charge in [0.25, 0.3) is 0 Å². The smallest absolute Gasteiger partial charge is 0.186 e. The van der Waals surface area contributed by atoms with Gasteiger partial charge < -0.3 is 0 Å².